The Morgan fingerprint density at radius 2 is 1.88 bits per heavy atom. The van der Waals surface area contributed by atoms with Gasteiger partial charge in [0.1, 0.15) is 0 Å². The molecule has 0 saturated heterocycles. The minimum Gasteiger partial charge on any atom is -0.397 e. The van der Waals surface area contributed by atoms with Crippen LogP contribution in [0.5, 0.6) is 0 Å². The highest BCUT2D eigenvalue weighted by atomic mass is 14.9. The minimum atomic E-state index is 0.861. The molecular formula is C15H20N2. The molecule has 0 aliphatic rings. The van der Waals surface area contributed by atoms with E-state index >= 15 is 0 Å². The third-order valence-electron chi connectivity index (χ3n) is 3.07. The lowest BCUT2D eigenvalue weighted by molar-refractivity contribution is 0.744. The lowest BCUT2D eigenvalue weighted by Crippen LogP contribution is -2.04. The fraction of sp³-hybridized carbons (Fsp3) is 0.333. The van der Waals surface area contributed by atoms with E-state index in [0.717, 1.165) is 23.3 Å². The van der Waals surface area contributed by atoms with E-state index in [4.69, 9.17) is 5.73 Å². The van der Waals surface area contributed by atoms with Crippen LogP contribution in [-0.2, 0) is 0 Å². The maximum absolute atomic E-state index is 6.17. The number of fused-ring (bicyclic) bond motifs is 1. The Bertz CT molecular complexity index is 491. The van der Waals surface area contributed by atoms with E-state index in [-0.39, 0.29) is 0 Å². The van der Waals surface area contributed by atoms with Gasteiger partial charge in [-0.05, 0) is 17.9 Å². The van der Waals surface area contributed by atoms with Crippen LogP contribution < -0.4 is 11.1 Å². The largest absolute Gasteiger partial charge is 0.397 e. The first-order valence-corrected chi connectivity index (χ1v) is 6.34. The molecule has 0 heterocycles. The fourth-order valence-electron chi connectivity index (χ4n) is 2.05. The molecule has 0 radical (unpaired) electrons. The quantitative estimate of drug-likeness (QED) is 0.599. The number of nitrogens with one attached hydrogen (secondary N) is 1. The van der Waals surface area contributed by atoms with Gasteiger partial charge in [0, 0.05) is 11.9 Å². The Hall–Kier alpha value is -1.70. The zero-order valence-corrected chi connectivity index (χ0v) is 10.4. The van der Waals surface area contributed by atoms with Gasteiger partial charge in [0.05, 0.1) is 11.4 Å². The summed E-state index contributed by atoms with van der Waals surface area (Å²) in [6.07, 6.45) is 3.71. The molecule has 0 aliphatic heterocycles. The maximum Gasteiger partial charge on any atom is 0.0629 e. The van der Waals surface area contributed by atoms with Gasteiger partial charge in [-0.25, -0.2) is 0 Å². The van der Waals surface area contributed by atoms with Crippen LogP contribution in [-0.4, -0.2) is 6.54 Å². The van der Waals surface area contributed by atoms with Crippen molar-refractivity contribution >= 4 is 22.1 Å². The first-order chi connectivity index (χ1) is 8.33. The van der Waals surface area contributed by atoms with Crippen molar-refractivity contribution in [1.29, 1.82) is 0 Å². The van der Waals surface area contributed by atoms with E-state index in [2.05, 4.69) is 36.5 Å². The molecule has 0 bridgehead atoms. The van der Waals surface area contributed by atoms with Crippen molar-refractivity contribution < 1.29 is 0 Å². The van der Waals surface area contributed by atoms with Crippen LogP contribution in [0.4, 0.5) is 11.4 Å². The number of anilines is 2. The summed E-state index contributed by atoms with van der Waals surface area (Å²) in [6, 6.07) is 12.4. The fourth-order valence-corrected chi connectivity index (χ4v) is 2.05. The number of nitrogen functional groups attached to an aromatic ring is 1. The van der Waals surface area contributed by atoms with Crippen molar-refractivity contribution in [3.63, 3.8) is 0 Å². The first kappa shape index (κ1) is 11.8. The molecule has 0 saturated carbocycles. The highest BCUT2D eigenvalue weighted by molar-refractivity contribution is 5.98. The zero-order chi connectivity index (χ0) is 12.1. The number of hydrogen-bond acceptors (Lipinski definition) is 2. The molecule has 2 heteroatoms. The van der Waals surface area contributed by atoms with E-state index in [1.54, 1.807) is 0 Å². The predicted octanol–water partition coefficient (Wildman–Crippen LogP) is 4.02. The molecule has 90 valence electrons. The number of rotatable bonds is 5. The highest BCUT2D eigenvalue weighted by Crippen LogP contribution is 2.28. The maximum atomic E-state index is 6.17. The summed E-state index contributed by atoms with van der Waals surface area (Å²) in [5, 5.41) is 5.75. The summed E-state index contributed by atoms with van der Waals surface area (Å²) >= 11 is 0. The normalized spacial score (nSPS) is 10.6. The smallest absolute Gasteiger partial charge is 0.0629 e. The van der Waals surface area contributed by atoms with Crippen LogP contribution in [0.15, 0.2) is 36.4 Å². The second-order valence-electron chi connectivity index (χ2n) is 4.38. The summed E-state index contributed by atoms with van der Waals surface area (Å²) in [5.74, 6) is 0. The second-order valence-corrected chi connectivity index (χ2v) is 4.38. The number of benzene rings is 2. The van der Waals surface area contributed by atoms with Crippen LogP contribution in [0.3, 0.4) is 0 Å². The molecule has 0 spiro atoms. The van der Waals surface area contributed by atoms with Crippen molar-refractivity contribution in [2.24, 2.45) is 0 Å². The third-order valence-corrected chi connectivity index (χ3v) is 3.07. The van der Waals surface area contributed by atoms with E-state index in [1.807, 2.05) is 12.1 Å². The Kier molecular flexibility index (Phi) is 3.86. The SMILES string of the molecule is CCCCCNc1ccc2ccccc2c1N. The van der Waals surface area contributed by atoms with Crippen LogP contribution in [0.25, 0.3) is 10.8 Å². The second kappa shape index (κ2) is 5.58. The van der Waals surface area contributed by atoms with Gasteiger partial charge in [0.2, 0.25) is 0 Å². The Morgan fingerprint density at radius 3 is 2.71 bits per heavy atom. The molecule has 2 rings (SSSR count). The van der Waals surface area contributed by atoms with Gasteiger partial charge in [-0.2, -0.15) is 0 Å². The summed E-state index contributed by atoms with van der Waals surface area (Å²) in [5.41, 5.74) is 8.09. The van der Waals surface area contributed by atoms with Gasteiger partial charge in [-0.3, -0.25) is 0 Å². The predicted molar refractivity (Wildman–Crippen MR) is 76.4 cm³/mol. The molecule has 2 aromatic carbocycles. The number of unbranched alkanes of at least 4 members (excludes halogenated alkanes) is 2. The minimum absolute atomic E-state index is 0.861. The number of nitrogens with two attached hydrogens (primary N) is 1. The average Bonchev–Trinajstić information content (AvgIpc) is 2.37. The Morgan fingerprint density at radius 1 is 1.06 bits per heavy atom. The molecule has 3 N–H and O–H groups in total. The number of hydrogen-bond donors (Lipinski definition) is 2. The molecular weight excluding hydrogens is 208 g/mol. The highest BCUT2D eigenvalue weighted by Gasteiger charge is 2.02. The average molecular weight is 228 g/mol. The Balaban J connectivity index is 2.15. The van der Waals surface area contributed by atoms with Crippen molar-refractivity contribution in [1.82, 2.24) is 0 Å². The monoisotopic (exact) mass is 228 g/mol. The topological polar surface area (TPSA) is 38.0 Å². The summed E-state index contributed by atoms with van der Waals surface area (Å²) in [6.45, 7) is 3.21. The molecule has 0 fully saturated rings. The zero-order valence-electron chi connectivity index (χ0n) is 10.4. The van der Waals surface area contributed by atoms with Crippen LogP contribution >= 0.6 is 0 Å². The van der Waals surface area contributed by atoms with Crippen LogP contribution in [0, 0.1) is 0 Å². The van der Waals surface area contributed by atoms with Crippen molar-refractivity contribution in [3.8, 4) is 0 Å². The molecule has 0 aromatic heterocycles. The van der Waals surface area contributed by atoms with Crippen molar-refractivity contribution in [2.75, 3.05) is 17.6 Å². The van der Waals surface area contributed by atoms with E-state index in [9.17, 15) is 0 Å². The van der Waals surface area contributed by atoms with Gasteiger partial charge in [0.25, 0.3) is 0 Å². The standard InChI is InChI=1S/C15H20N2/c1-2-3-6-11-17-14-10-9-12-7-4-5-8-13(12)15(14)16/h4-5,7-10,17H,2-3,6,11,16H2,1H3. The van der Waals surface area contributed by atoms with E-state index in [0.29, 0.717) is 0 Å². The lowest BCUT2D eigenvalue weighted by atomic mass is 10.1. The third kappa shape index (κ3) is 2.70. The molecule has 0 atom stereocenters. The molecule has 2 nitrogen and oxygen atoms in total. The van der Waals surface area contributed by atoms with Gasteiger partial charge >= 0.3 is 0 Å². The molecule has 0 amide bonds. The van der Waals surface area contributed by atoms with Gasteiger partial charge in [0.15, 0.2) is 0 Å². The van der Waals surface area contributed by atoms with Crippen molar-refractivity contribution in [3.05, 3.63) is 36.4 Å². The summed E-state index contributed by atoms with van der Waals surface area (Å²) < 4.78 is 0. The molecule has 0 unspecified atom stereocenters. The summed E-state index contributed by atoms with van der Waals surface area (Å²) in [7, 11) is 0. The molecule has 2 aromatic rings. The first-order valence-electron chi connectivity index (χ1n) is 6.34. The van der Waals surface area contributed by atoms with E-state index < -0.39 is 0 Å². The van der Waals surface area contributed by atoms with Gasteiger partial charge in [-0.15, -0.1) is 0 Å². The molecule has 17 heavy (non-hydrogen) atoms. The van der Waals surface area contributed by atoms with Crippen LogP contribution in [0.2, 0.25) is 0 Å². The molecule has 0 aliphatic carbocycles. The Labute approximate surface area is 103 Å². The lowest BCUT2D eigenvalue weighted by Gasteiger charge is -2.11. The van der Waals surface area contributed by atoms with E-state index in [1.165, 1.54) is 24.6 Å². The van der Waals surface area contributed by atoms with Crippen LogP contribution in [0.1, 0.15) is 26.2 Å². The summed E-state index contributed by atoms with van der Waals surface area (Å²) in [4.78, 5) is 0. The van der Waals surface area contributed by atoms with Crippen molar-refractivity contribution in [2.45, 2.75) is 26.2 Å². The van der Waals surface area contributed by atoms with Gasteiger partial charge < -0.3 is 11.1 Å². The van der Waals surface area contributed by atoms with Gasteiger partial charge in [-0.1, -0.05) is 50.1 Å².